The first-order valence-electron chi connectivity index (χ1n) is 7.54. The van der Waals surface area contributed by atoms with E-state index in [1.165, 1.54) is 11.1 Å². The Labute approximate surface area is 128 Å². The summed E-state index contributed by atoms with van der Waals surface area (Å²) in [6, 6.07) is 6.43. The topological polar surface area (TPSA) is 9.23 Å². The van der Waals surface area contributed by atoms with E-state index in [1.807, 2.05) is 0 Å². The minimum atomic E-state index is -0.0819. The quantitative estimate of drug-likeness (QED) is 0.645. The van der Waals surface area contributed by atoms with E-state index in [1.54, 1.807) is 0 Å². The minimum Gasteiger partial charge on any atom is -0.487 e. The highest BCUT2D eigenvalue weighted by Gasteiger charge is 2.31. The van der Waals surface area contributed by atoms with Crippen molar-refractivity contribution in [1.29, 1.82) is 0 Å². The summed E-state index contributed by atoms with van der Waals surface area (Å²) in [5.74, 6) is 1.61. The molecule has 0 radical (unpaired) electrons. The predicted molar refractivity (Wildman–Crippen MR) is 86.7 cm³/mol. The molecule has 1 aromatic carbocycles. The van der Waals surface area contributed by atoms with Gasteiger partial charge in [-0.1, -0.05) is 39.8 Å². The third-order valence-electron chi connectivity index (χ3n) is 4.49. The number of ether oxygens (including phenoxy) is 1. The summed E-state index contributed by atoms with van der Waals surface area (Å²) in [5, 5.41) is 0.0817. The van der Waals surface area contributed by atoms with Crippen LogP contribution in [0.1, 0.15) is 64.5 Å². The van der Waals surface area contributed by atoms with E-state index in [-0.39, 0.29) is 11.0 Å². The zero-order valence-electron chi connectivity index (χ0n) is 13.6. The molecular weight excluding hydrogens is 268 g/mol. The van der Waals surface area contributed by atoms with Crippen LogP contribution in [0.3, 0.4) is 0 Å². The van der Waals surface area contributed by atoms with Gasteiger partial charge in [-0.15, -0.1) is 11.6 Å². The van der Waals surface area contributed by atoms with Crippen molar-refractivity contribution in [2.75, 3.05) is 0 Å². The molecule has 20 heavy (non-hydrogen) atoms. The third-order valence-corrected chi connectivity index (χ3v) is 4.92. The number of fused-ring (bicyclic) bond motifs is 1. The van der Waals surface area contributed by atoms with Gasteiger partial charge < -0.3 is 4.74 Å². The highest BCUT2D eigenvalue weighted by molar-refractivity contribution is 6.20. The number of hydrogen-bond donors (Lipinski definition) is 0. The van der Waals surface area contributed by atoms with Crippen LogP contribution in [-0.4, -0.2) is 5.60 Å². The van der Waals surface area contributed by atoms with Crippen LogP contribution >= 0.6 is 11.6 Å². The van der Waals surface area contributed by atoms with Gasteiger partial charge in [-0.25, -0.2) is 0 Å². The Bertz CT molecular complexity index is 485. The van der Waals surface area contributed by atoms with Gasteiger partial charge in [0.1, 0.15) is 11.4 Å². The fraction of sp³-hybridized carbons (Fsp3) is 0.667. The van der Waals surface area contributed by atoms with E-state index in [2.05, 4.69) is 59.7 Å². The molecule has 0 saturated heterocycles. The van der Waals surface area contributed by atoms with Crippen LogP contribution in [-0.2, 0) is 6.42 Å². The Morgan fingerprint density at radius 3 is 2.55 bits per heavy atom. The molecule has 0 N–H and O–H groups in total. The maximum atomic E-state index is 6.64. The molecule has 2 heteroatoms. The van der Waals surface area contributed by atoms with Crippen LogP contribution in [0.4, 0.5) is 0 Å². The van der Waals surface area contributed by atoms with Crippen molar-refractivity contribution in [3.8, 4) is 5.75 Å². The molecule has 0 spiro atoms. The monoisotopic (exact) mass is 294 g/mol. The molecular formula is C18H27ClO. The van der Waals surface area contributed by atoms with Gasteiger partial charge in [0, 0.05) is 6.42 Å². The second kappa shape index (κ2) is 5.26. The molecule has 1 aromatic rings. The summed E-state index contributed by atoms with van der Waals surface area (Å²) in [6.45, 7) is 13.4. The normalized spacial score (nSPS) is 20.1. The standard InChI is InChI=1S/C18H27ClO/c1-12(17(2,3)4)9-15(19)13-7-8-16-14(10-13)11-18(5,6)20-16/h7-8,10,12,15H,9,11H2,1-6H3. The Balaban J connectivity index is 2.12. The van der Waals surface area contributed by atoms with Crippen molar-refractivity contribution in [3.05, 3.63) is 29.3 Å². The first-order valence-corrected chi connectivity index (χ1v) is 7.98. The van der Waals surface area contributed by atoms with Crippen LogP contribution in [0.15, 0.2) is 18.2 Å². The molecule has 2 atom stereocenters. The number of rotatable bonds is 3. The first-order chi connectivity index (χ1) is 9.08. The van der Waals surface area contributed by atoms with Gasteiger partial charge in [0.2, 0.25) is 0 Å². The lowest BCUT2D eigenvalue weighted by Gasteiger charge is -2.29. The van der Waals surface area contributed by atoms with Gasteiger partial charge in [0.25, 0.3) is 0 Å². The predicted octanol–water partition coefficient (Wildman–Crippen LogP) is 5.75. The van der Waals surface area contributed by atoms with Gasteiger partial charge in [-0.3, -0.25) is 0 Å². The third kappa shape index (κ3) is 3.49. The fourth-order valence-electron chi connectivity index (χ4n) is 2.62. The average Bonchev–Trinajstić information content (AvgIpc) is 2.60. The summed E-state index contributed by atoms with van der Waals surface area (Å²) in [5.41, 5.74) is 2.74. The van der Waals surface area contributed by atoms with E-state index >= 15 is 0 Å². The Morgan fingerprint density at radius 2 is 1.95 bits per heavy atom. The molecule has 0 fully saturated rings. The van der Waals surface area contributed by atoms with Crippen molar-refractivity contribution in [1.82, 2.24) is 0 Å². The smallest absolute Gasteiger partial charge is 0.123 e. The zero-order valence-corrected chi connectivity index (χ0v) is 14.3. The molecule has 2 rings (SSSR count). The molecule has 0 aromatic heterocycles. The summed E-state index contributed by atoms with van der Waals surface area (Å²) in [4.78, 5) is 0. The molecule has 1 aliphatic heterocycles. The molecule has 0 bridgehead atoms. The second-order valence-corrected chi connectivity index (χ2v) is 8.40. The zero-order chi connectivity index (χ0) is 15.1. The van der Waals surface area contributed by atoms with Crippen molar-refractivity contribution in [2.24, 2.45) is 11.3 Å². The van der Waals surface area contributed by atoms with Crippen LogP contribution in [0.5, 0.6) is 5.75 Å². The van der Waals surface area contributed by atoms with E-state index < -0.39 is 0 Å². The summed E-state index contributed by atoms with van der Waals surface area (Å²) >= 11 is 6.64. The molecule has 2 unspecified atom stereocenters. The van der Waals surface area contributed by atoms with Gasteiger partial charge in [0.05, 0.1) is 5.38 Å². The molecule has 0 aliphatic carbocycles. The molecule has 1 nitrogen and oxygen atoms in total. The van der Waals surface area contributed by atoms with E-state index in [4.69, 9.17) is 16.3 Å². The number of benzene rings is 1. The maximum Gasteiger partial charge on any atom is 0.123 e. The van der Waals surface area contributed by atoms with Crippen LogP contribution in [0.25, 0.3) is 0 Å². The van der Waals surface area contributed by atoms with E-state index in [0.717, 1.165) is 18.6 Å². The van der Waals surface area contributed by atoms with Crippen molar-refractivity contribution >= 4 is 11.6 Å². The lowest BCUT2D eigenvalue weighted by molar-refractivity contribution is 0.138. The Hall–Kier alpha value is -0.690. The highest BCUT2D eigenvalue weighted by atomic mass is 35.5. The van der Waals surface area contributed by atoms with E-state index in [9.17, 15) is 0 Å². The van der Waals surface area contributed by atoms with Crippen molar-refractivity contribution in [3.63, 3.8) is 0 Å². The SMILES string of the molecule is CC(CC(Cl)c1ccc2c(c1)CC(C)(C)O2)C(C)(C)C. The first kappa shape index (κ1) is 15.7. The minimum absolute atomic E-state index is 0.0817. The fourth-order valence-corrected chi connectivity index (χ4v) is 3.03. The lowest BCUT2D eigenvalue weighted by atomic mass is 9.79. The van der Waals surface area contributed by atoms with Gasteiger partial charge >= 0.3 is 0 Å². The van der Waals surface area contributed by atoms with Gasteiger partial charge in [-0.05, 0) is 48.8 Å². The molecule has 1 aliphatic rings. The maximum absolute atomic E-state index is 6.64. The summed E-state index contributed by atoms with van der Waals surface area (Å²) in [6.07, 6.45) is 1.97. The number of halogens is 1. The van der Waals surface area contributed by atoms with E-state index in [0.29, 0.717) is 11.3 Å². The largest absolute Gasteiger partial charge is 0.487 e. The van der Waals surface area contributed by atoms with Crippen molar-refractivity contribution < 1.29 is 4.74 Å². The van der Waals surface area contributed by atoms with Crippen molar-refractivity contribution in [2.45, 2.75) is 65.4 Å². The lowest BCUT2D eigenvalue weighted by Crippen LogP contribution is -2.24. The molecule has 0 amide bonds. The Kier molecular flexibility index (Phi) is 4.12. The second-order valence-electron chi connectivity index (χ2n) is 7.88. The van der Waals surface area contributed by atoms with Crippen LogP contribution in [0, 0.1) is 11.3 Å². The summed E-state index contributed by atoms with van der Waals surface area (Å²) < 4.78 is 5.92. The van der Waals surface area contributed by atoms with Gasteiger partial charge in [-0.2, -0.15) is 0 Å². The molecule has 1 heterocycles. The Morgan fingerprint density at radius 1 is 1.30 bits per heavy atom. The number of hydrogen-bond acceptors (Lipinski definition) is 1. The molecule has 0 saturated carbocycles. The highest BCUT2D eigenvalue weighted by Crippen LogP contribution is 2.40. The van der Waals surface area contributed by atoms with Crippen LogP contribution in [0.2, 0.25) is 0 Å². The average molecular weight is 295 g/mol. The van der Waals surface area contributed by atoms with Gasteiger partial charge in [0.15, 0.2) is 0 Å². The van der Waals surface area contributed by atoms with Crippen LogP contribution < -0.4 is 4.74 Å². The number of alkyl halides is 1. The molecule has 112 valence electrons. The summed E-state index contributed by atoms with van der Waals surface area (Å²) in [7, 11) is 0.